The van der Waals surface area contributed by atoms with Gasteiger partial charge in [0.05, 0.1) is 24.4 Å². The Balaban J connectivity index is 1.46. The van der Waals surface area contributed by atoms with Crippen molar-refractivity contribution < 1.29 is 9.53 Å². The number of piperidine rings is 1. The van der Waals surface area contributed by atoms with E-state index in [1.165, 1.54) is 6.42 Å². The third-order valence-electron chi connectivity index (χ3n) is 6.34. The first kappa shape index (κ1) is 24.0. The maximum absolute atomic E-state index is 12.6. The van der Waals surface area contributed by atoms with Crippen LogP contribution in [0.25, 0.3) is 28.1 Å². The van der Waals surface area contributed by atoms with Crippen LogP contribution in [-0.4, -0.2) is 52.3 Å². The van der Waals surface area contributed by atoms with Gasteiger partial charge in [-0.25, -0.2) is 4.68 Å². The molecule has 1 aliphatic rings. The van der Waals surface area contributed by atoms with Crippen molar-refractivity contribution >= 4 is 23.2 Å². The van der Waals surface area contributed by atoms with Crippen molar-refractivity contribution in [3.05, 3.63) is 78.2 Å². The zero-order chi connectivity index (χ0) is 24.9. The Labute approximate surface area is 215 Å². The van der Waals surface area contributed by atoms with Crippen LogP contribution in [0.5, 0.6) is 5.75 Å². The fourth-order valence-corrected chi connectivity index (χ4v) is 4.71. The Morgan fingerprint density at radius 1 is 1.03 bits per heavy atom. The Bertz CT molecular complexity index is 1350. The number of amides is 1. The molecular formula is C28H28ClN5O2. The van der Waals surface area contributed by atoms with Gasteiger partial charge in [-0.1, -0.05) is 30.2 Å². The van der Waals surface area contributed by atoms with E-state index in [-0.39, 0.29) is 5.91 Å². The predicted octanol–water partition coefficient (Wildman–Crippen LogP) is 5.69. The molecule has 2 aromatic carbocycles. The van der Waals surface area contributed by atoms with E-state index in [2.05, 4.69) is 15.2 Å². The highest BCUT2D eigenvalue weighted by molar-refractivity contribution is 6.32. The molecule has 36 heavy (non-hydrogen) atoms. The number of hydrogen-bond donors (Lipinski definition) is 1. The molecule has 1 fully saturated rings. The summed E-state index contributed by atoms with van der Waals surface area (Å²) in [5.41, 5.74) is 5.19. The number of hydrogen-bond acceptors (Lipinski definition) is 5. The fraction of sp³-hybridized carbons (Fsp3) is 0.250. The first-order valence-corrected chi connectivity index (χ1v) is 12.4. The molecule has 1 saturated heterocycles. The fourth-order valence-electron chi connectivity index (χ4n) is 4.52. The van der Waals surface area contributed by atoms with Crippen molar-refractivity contribution in [2.75, 3.05) is 32.1 Å². The average molecular weight is 502 g/mol. The molecule has 8 heteroatoms. The molecule has 1 N–H and O–H groups in total. The quantitative estimate of drug-likeness (QED) is 0.352. The van der Waals surface area contributed by atoms with Crippen LogP contribution in [-0.2, 0) is 4.79 Å². The summed E-state index contributed by atoms with van der Waals surface area (Å²) in [6.07, 6.45) is 9.07. The lowest BCUT2D eigenvalue weighted by atomic mass is 10.0. The zero-order valence-electron chi connectivity index (χ0n) is 20.2. The van der Waals surface area contributed by atoms with E-state index in [0.717, 1.165) is 59.7 Å². The Morgan fingerprint density at radius 3 is 2.61 bits per heavy atom. The number of aromatic nitrogens is 3. The molecule has 0 atom stereocenters. The van der Waals surface area contributed by atoms with Gasteiger partial charge in [-0.05, 0) is 74.0 Å². The topological polar surface area (TPSA) is 72.3 Å². The largest absolute Gasteiger partial charge is 0.495 e. The first-order chi connectivity index (χ1) is 17.6. The van der Waals surface area contributed by atoms with Crippen molar-refractivity contribution in [2.45, 2.75) is 19.3 Å². The molecule has 5 rings (SSSR count). The summed E-state index contributed by atoms with van der Waals surface area (Å²) >= 11 is 6.27. The normalized spacial score (nSPS) is 13.9. The molecule has 0 unspecified atom stereocenters. The van der Waals surface area contributed by atoms with Gasteiger partial charge in [0.25, 0.3) is 0 Å². The van der Waals surface area contributed by atoms with Crippen LogP contribution in [0.4, 0.5) is 5.69 Å². The molecule has 0 spiro atoms. The number of ether oxygens (including phenoxy) is 1. The second-order valence-corrected chi connectivity index (χ2v) is 9.26. The van der Waals surface area contributed by atoms with Crippen molar-refractivity contribution in [3.8, 4) is 33.8 Å². The summed E-state index contributed by atoms with van der Waals surface area (Å²) in [6.45, 7) is 2.38. The maximum Gasteiger partial charge on any atom is 0.238 e. The highest BCUT2D eigenvalue weighted by atomic mass is 35.5. The minimum Gasteiger partial charge on any atom is -0.495 e. The van der Waals surface area contributed by atoms with Gasteiger partial charge in [0.2, 0.25) is 5.91 Å². The van der Waals surface area contributed by atoms with E-state index in [1.54, 1.807) is 19.5 Å². The van der Waals surface area contributed by atoms with Gasteiger partial charge in [0.1, 0.15) is 11.4 Å². The number of carbonyl (C=O) groups is 1. The number of nitrogens with one attached hydrogen (secondary N) is 1. The number of benzene rings is 2. The lowest BCUT2D eigenvalue weighted by Gasteiger charge is -2.25. The van der Waals surface area contributed by atoms with Crippen LogP contribution < -0.4 is 10.1 Å². The van der Waals surface area contributed by atoms with Crippen LogP contribution in [0.1, 0.15) is 19.3 Å². The monoisotopic (exact) mass is 501 g/mol. The summed E-state index contributed by atoms with van der Waals surface area (Å²) in [4.78, 5) is 19.0. The van der Waals surface area contributed by atoms with Gasteiger partial charge in [0.15, 0.2) is 0 Å². The number of rotatable bonds is 7. The second-order valence-electron chi connectivity index (χ2n) is 8.86. The number of anilines is 1. The van der Waals surface area contributed by atoms with Crippen molar-refractivity contribution in [3.63, 3.8) is 0 Å². The summed E-state index contributed by atoms with van der Waals surface area (Å²) in [5.74, 6) is 0.587. The van der Waals surface area contributed by atoms with Crippen LogP contribution in [0.2, 0.25) is 5.02 Å². The van der Waals surface area contributed by atoms with Crippen molar-refractivity contribution in [2.24, 2.45) is 0 Å². The van der Waals surface area contributed by atoms with Crippen molar-refractivity contribution in [1.29, 1.82) is 0 Å². The third-order valence-corrected chi connectivity index (χ3v) is 6.65. The van der Waals surface area contributed by atoms with Gasteiger partial charge in [0, 0.05) is 35.4 Å². The molecule has 2 aromatic heterocycles. The number of likely N-dealkylation sites (tertiary alicyclic amines) is 1. The molecule has 1 aliphatic heterocycles. The van der Waals surface area contributed by atoms with Crippen LogP contribution in [0.3, 0.4) is 0 Å². The Morgan fingerprint density at radius 2 is 1.83 bits per heavy atom. The molecule has 0 bridgehead atoms. The van der Waals surface area contributed by atoms with Crippen molar-refractivity contribution in [1.82, 2.24) is 19.7 Å². The van der Waals surface area contributed by atoms with Crippen LogP contribution in [0, 0.1) is 0 Å². The van der Waals surface area contributed by atoms with Gasteiger partial charge >= 0.3 is 0 Å². The number of methoxy groups -OCH3 is 1. The molecule has 0 saturated carbocycles. The number of pyridine rings is 1. The summed E-state index contributed by atoms with van der Waals surface area (Å²) in [6, 6.07) is 17.3. The molecule has 0 aliphatic carbocycles. The summed E-state index contributed by atoms with van der Waals surface area (Å²) < 4.78 is 7.26. The lowest BCUT2D eigenvalue weighted by Crippen LogP contribution is -2.36. The standard InChI is InChI=1S/C28H28ClN5O2/c1-36-26-16-21(8-9-25(26)29)28-24(20-10-12-30-13-11-20)18-34(32-28)23-7-5-6-22(17-23)31-27(35)19-33-14-3-2-4-15-33/h5-13,16-18H,2-4,14-15,19H2,1H3,(H,31,35). The van der Waals surface area contributed by atoms with E-state index < -0.39 is 0 Å². The van der Waals surface area contributed by atoms with E-state index in [4.69, 9.17) is 21.4 Å². The smallest absolute Gasteiger partial charge is 0.238 e. The highest BCUT2D eigenvalue weighted by Gasteiger charge is 2.17. The number of nitrogens with zero attached hydrogens (tertiary/aromatic N) is 4. The molecule has 7 nitrogen and oxygen atoms in total. The van der Waals surface area contributed by atoms with E-state index >= 15 is 0 Å². The van der Waals surface area contributed by atoms with E-state index in [0.29, 0.717) is 17.3 Å². The maximum atomic E-state index is 12.6. The van der Waals surface area contributed by atoms with Crippen LogP contribution >= 0.6 is 11.6 Å². The first-order valence-electron chi connectivity index (χ1n) is 12.1. The summed E-state index contributed by atoms with van der Waals surface area (Å²) in [5, 5.41) is 8.51. The van der Waals surface area contributed by atoms with E-state index in [1.807, 2.05) is 65.5 Å². The van der Waals surface area contributed by atoms with Gasteiger partial charge < -0.3 is 10.1 Å². The van der Waals surface area contributed by atoms with Gasteiger partial charge in [-0.2, -0.15) is 5.10 Å². The second kappa shape index (κ2) is 10.9. The Hall–Kier alpha value is -3.68. The average Bonchev–Trinajstić information content (AvgIpc) is 3.36. The SMILES string of the molecule is COc1cc(-c2nn(-c3cccc(NC(=O)CN4CCCCC4)c3)cc2-c2ccncc2)ccc1Cl. The molecule has 184 valence electrons. The van der Waals surface area contributed by atoms with Gasteiger partial charge in [-0.15, -0.1) is 0 Å². The molecule has 3 heterocycles. The Kier molecular flexibility index (Phi) is 7.30. The molecular weight excluding hydrogens is 474 g/mol. The van der Waals surface area contributed by atoms with E-state index in [9.17, 15) is 4.79 Å². The number of halogens is 1. The van der Waals surface area contributed by atoms with Gasteiger partial charge in [-0.3, -0.25) is 14.7 Å². The minimum absolute atomic E-state index is 0.000869. The van der Waals surface area contributed by atoms with Crippen LogP contribution in [0.15, 0.2) is 73.2 Å². The predicted molar refractivity (Wildman–Crippen MR) is 143 cm³/mol. The minimum atomic E-state index is 0.000869. The lowest BCUT2D eigenvalue weighted by molar-refractivity contribution is -0.117. The molecule has 1 amide bonds. The molecule has 0 radical (unpaired) electrons. The number of carbonyl (C=O) groups excluding carboxylic acids is 1. The zero-order valence-corrected chi connectivity index (χ0v) is 20.9. The summed E-state index contributed by atoms with van der Waals surface area (Å²) in [7, 11) is 1.60. The highest BCUT2D eigenvalue weighted by Crippen LogP contribution is 2.36. The molecule has 4 aromatic rings. The third kappa shape index (κ3) is 5.42.